The first-order valence-corrected chi connectivity index (χ1v) is 13.5. The van der Waals surface area contributed by atoms with Crippen LogP contribution >= 0.6 is 11.3 Å². The Morgan fingerprint density at radius 2 is 0.838 bits per heavy atom. The van der Waals surface area contributed by atoms with Crippen molar-refractivity contribution >= 4 is 63.8 Å². The Kier molecular flexibility index (Phi) is 4.49. The second-order valence-corrected chi connectivity index (χ2v) is 10.8. The van der Waals surface area contributed by atoms with Crippen LogP contribution in [0, 0.1) is 0 Å². The number of hydrogen-bond donors (Lipinski definition) is 0. The maximum absolute atomic E-state index is 2.37. The van der Waals surface area contributed by atoms with Crippen LogP contribution in [0.4, 0.5) is 0 Å². The highest BCUT2D eigenvalue weighted by molar-refractivity contribution is 7.25. The van der Waals surface area contributed by atoms with Gasteiger partial charge in [-0.25, -0.2) is 0 Å². The van der Waals surface area contributed by atoms with Crippen LogP contribution in [-0.2, 0) is 0 Å². The Morgan fingerprint density at radius 3 is 1.54 bits per heavy atom. The van der Waals surface area contributed by atoms with E-state index >= 15 is 0 Å². The molecular weight excluding hydrogens is 464 g/mol. The molecule has 0 nitrogen and oxygen atoms in total. The van der Waals surface area contributed by atoms with Crippen molar-refractivity contribution in [2.24, 2.45) is 0 Å². The van der Waals surface area contributed by atoms with E-state index in [1.165, 1.54) is 74.7 Å². The van der Waals surface area contributed by atoms with Crippen molar-refractivity contribution in [1.29, 1.82) is 0 Å². The third-order valence-corrected chi connectivity index (χ3v) is 8.81. The molecule has 0 saturated carbocycles. The van der Waals surface area contributed by atoms with Gasteiger partial charge in [0.15, 0.2) is 0 Å². The van der Waals surface area contributed by atoms with Crippen LogP contribution in [0.15, 0.2) is 133 Å². The molecule has 0 aliphatic rings. The largest absolute Gasteiger partial charge is 0.135 e. The zero-order chi connectivity index (χ0) is 24.3. The number of benzene rings is 7. The maximum atomic E-state index is 2.37. The summed E-state index contributed by atoms with van der Waals surface area (Å²) in [7, 11) is 0. The zero-order valence-electron chi connectivity index (χ0n) is 20.1. The first kappa shape index (κ1) is 20.7. The van der Waals surface area contributed by atoms with Gasteiger partial charge in [-0.05, 0) is 72.8 Å². The molecule has 1 heterocycles. The summed E-state index contributed by atoms with van der Waals surface area (Å²) < 4.78 is 2.69. The molecule has 0 atom stereocenters. The predicted molar refractivity (Wildman–Crippen MR) is 163 cm³/mol. The lowest BCUT2D eigenvalue weighted by Gasteiger charge is -2.12. The first-order chi connectivity index (χ1) is 18.3. The monoisotopic (exact) mass is 486 g/mol. The summed E-state index contributed by atoms with van der Waals surface area (Å²) in [4.78, 5) is 0. The molecule has 0 saturated heterocycles. The lowest BCUT2D eigenvalue weighted by Crippen LogP contribution is -1.85. The molecule has 8 rings (SSSR count). The van der Waals surface area contributed by atoms with E-state index in [9.17, 15) is 0 Å². The van der Waals surface area contributed by atoms with Gasteiger partial charge in [0.05, 0.1) is 0 Å². The highest BCUT2D eigenvalue weighted by Crippen LogP contribution is 2.41. The zero-order valence-corrected chi connectivity index (χ0v) is 20.9. The molecule has 0 amide bonds. The van der Waals surface area contributed by atoms with Crippen LogP contribution in [-0.4, -0.2) is 0 Å². The lowest BCUT2D eigenvalue weighted by molar-refractivity contribution is 1.63. The van der Waals surface area contributed by atoms with E-state index < -0.39 is 0 Å². The fourth-order valence-corrected chi connectivity index (χ4v) is 7.08. The van der Waals surface area contributed by atoms with Gasteiger partial charge in [0.1, 0.15) is 0 Å². The minimum Gasteiger partial charge on any atom is -0.135 e. The minimum absolute atomic E-state index is 1.24. The van der Waals surface area contributed by atoms with Crippen molar-refractivity contribution in [3.8, 4) is 22.3 Å². The Labute approximate surface area is 219 Å². The van der Waals surface area contributed by atoms with Crippen molar-refractivity contribution in [2.75, 3.05) is 0 Å². The summed E-state index contributed by atoms with van der Waals surface area (Å²) in [5.41, 5.74) is 5.05. The van der Waals surface area contributed by atoms with Gasteiger partial charge in [-0.3, -0.25) is 0 Å². The molecule has 172 valence electrons. The van der Waals surface area contributed by atoms with Gasteiger partial charge in [0, 0.05) is 20.2 Å². The van der Waals surface area contributed by atoms with E-state index in [0.29, 0.717) is 0 Å². The average Bonchev–Trinajstić information content (AvgIpc) is 3.36. The molecule has 0 bridgehead atoms. The van der Waals surface area contributed by atoms with Gasteiger partial charge in [0.2, 0.25) is 0 Å². The molecule has 1 heteroatoms. The van der Waals surface area contributed by atoms with Gasteiger partial charge < -0.3 is 0 Å². The molecule has 0 N–H and O–H groups in total. The van der Waals surface area contributed by atoms with Gasteiger partial charge in [-0.15, -0.1) is 11.3 Å². The summed E-state index contributed by atoms with van der Waals surface area (Å²) in [5, 5.41) is 10.6. The van der Waals surface area contributed by atoms with E-state index in [4.69, 9.17) is 0 Å². The molecule has 0 fully saturated rings. The number of thiophene rings is 1. The fraction of sp³-hybridized carbons (Fsp3) is 0. The van der Waals surface area contributed by atoms with E-state index in [1.807, 2.05) is 11.3 Å². The summed E-state index contributed by atoms with van der Waals surface area (Å²) in [5.74, 6) is 0. The van der Waals surface area contributed by atoms with Crippen LogP contribution in [0.5, 0.6) is 0 Å². The van der Waals surface area contributed by atoms with Crippen molar-refractivity contribution in [3.05, 3.63) is 133 Å². The quantitative estimate of drug-likeness (QED) is 0.213. The number of hydrogen-bond acceptors (Lipinski definition) is 1. The van der Waals surface area contributed by atoms with E-state index in [1.54, 1.807) is 0 Å². The van der Waals surface area contributed by atoms with Crippen LogP contribution in [0.1, 0.15) is 0 Å². The summed E-state index contributed by atoms with van der Waals surface area (Å²) >= 11 is 1.87. The molecular formula is C36H22S. The first-order valence-electron chi connectivity index (χ1n) is 12.7. The summed E-state index contributed by atoms with van der Waals surface area (Å²) in [6.07, 6.45) is 0. The normalized spacial score (nSPS) is 11.8. The molecule has 0 aliphatic carbocycles. The van der Waals surface area contributed by atoms with Gasteiger partial charge in [-0.2, -0.15) is 0 Å². The molecule has 1 aromatic heterocycles. The van der Waals surface area contributed by atoms with Crippen molar-refractivity contribution in [3.63, 3.8) is 0 Å². The standard InChI is InChI=1S/C36H22S/c1-2-10-29-27(8-1)28-9-3-4-11-30(28)33-22-25(20-21-31(29)33)23-16-18-24(19-17-23)26-13-7-15-35-36(26)32-12-5-6-14-34(32)37-35/h1-22H. The van der Waals surface area contributed by atoms with Crippen LogP contribution in [0.25, 0.3) is 74.7 Å². The average molecular weight is 487 g/mol. The van der Waals surface area contributed by atoms with Gasteiger partial charge in [-0.1, -0.05) is 115 Å². The van der Waals surface area contributed by atoms with Crippen molar-refractivity contribution in [1.82, 2.24) is 0 Å². The summed E-state index contributed by atoms with van der Waals surface area (Å²) in [6, 6.07) is 49.0. The maximum Gasteiger partial charge on any atom is 0.0361 e. The Hall–Kier alpha value is -4.46. The lowest BCUT2D eigenvalue weighted by atomic mass is 9.91. The molecule has 7 aromatic carbocycles. The second kappa shape index (κ2) is 8.03. The molecule has 0 radical (unpaired) electrons. The van der Waals surface area contributed by atoms with Crippen molar-refractivity contribution < 1.29 is 0 Å². The number of rotatable bonds is 2. The minimum atomic E-state index is 1.24. The topological polar surface area (TPSA) is 0 Å². The second-order valence-electron chi connectivity index (χ2n) is 9.71. The smallest absolute Gasteiger partial charge is 0.0361 e. The van der Waals surface area contributed by atoms with Crippen LogP contribution in [0.3, 0.4) is 0 Å². The Bertz CT molecular complexity index is 2090. The van der Waals surface area contributed by atoms with Crippen LogP contribution < -0.4 is 0 Å². The molecule has 0 unspecified atom stereocenters. The highest BCUT2D eigenvalue weighted by atomic mass is 32.1. The Morgan fingerprint density at radius 1 is 0.324 bits per heavy atom. The third-order valence-electron chi connectivity index (χ3n) is 7.68. The third kappa shape index (κ3) is 3.15. The molecule has 0 spiro atoms. The van der Waals surface area contributed by atoms with E-state index in [2.05, 4.69) is 133 Å². The highest BCUT2D eigenvalue weighted by Gasteiger charge is 2.12. The molecule has 8 aromatic rings. The molecule has 37 heavy (non-hydrogen) atoms. The fourth-order valence-electron chi connectivity index (χ4n) is 5.94. The van der Waals surface area contributed by atoms with Crippen LogP contribution in [0.2, 0.25) is 0 Å². The molecule has 0 aliphatic heterocycles. The number of fused-ring (bicyclic) bond motifs is 9. The summed E-state index contributed by atoms with van der Waals surface area (Å²) in [6.45, 7) is 0. The van der Waals surface area contributed by atoms with Gasteiger partial charge >= 0.3 is 0 Å². The van der Waals surface area contributed by atoms with E-state index in [0.717, 1.165) is 0 Å². The SMILES string of the molecule is c1ccc2c(c1)sc1cccc(-c3ccc(-c4ccc5c6ccccc6c6ccccc6c5c4)cc3)c12. The Balaban J connectivity index is 1.29. The van der Waals surface area contributed by atoms with Crippen molar-refractivity contribution in [2.45, 2.75) is 0 Å². The van der Waals surface area contributed by atoms with E-state index in [-0.39, 0.29) is 0 Å². The van der Waals surface area contributed by atoms with Gasteiger partial charge in [0.25, 0.3) is 0 Å². The predicted octanol–water partition coefficient (Wildman–Crippen LogP) is 10.8.